The highest BCUT2D eigenvalue weighted by Gasteiger charge is 2.17. The minimum absolute atomic E-state index is 0.248. The molecule has 5 aromatic rings. The van der Waals surface area contributed by atoms with Crippen molar-refractivity contribution in [1.82, 2.24) is 14.1 Å². The zero-order chi connectivity index (χ0) is 22.6. The van der Waals surface area contributed by atoms with Crippen LogP contribution in [0.25, 0.3) is 38.8 Å². The number of halogens is 1. The highest BCUT2D eigenvalue weighted by Crippen LogP contribution is 2.32. The van der Waals surface area contributed by atoms with Crippen molar-refractivity contribution < 1.29 is 9.50 Å². The van der Waals surface area contributed by atoms with E-state index < -0.39 is 11.6 Å². The number of phenolic OH excluding ortho intramolecular Hbond substituents is 1. The number of imidazole rings is 1. The van der Waals surface area contributed by atoms with Gasteiger partial charge in [0.2, 0.25) is 5.62 Å². The molecule has 0 aliphatic carbocycles. The van der Waals surface area contributed by atoms with Gasteiger partial charge in [0.1, 0.15) is 0 Å². The van der Waals surface area contributed by atoms with Crippen molar-refractivity contribution in [3.63, 3.8) is 0 Å². The largest absolute Gasteiger partial charge is 0.505 e. The van der Waals surface area contributed by atoms with Crippen molar-refractivity contribution in [1.29, 1.82) is 10.7 Å². The number of nitrogens with zero attached hydrogens (tertiary/aromatic N) is 4. The van der Waals surface area contributed by atoms with E-state index in [2.05, 4.69) is 11.1 Å². The molecule has 0 bridgehead atoms. The van der Waals surface area contributed by atoms with Gasteiger partial charge in [-0.05, 0) is 60.0 Å². The van der Waals surface area contributed by atoms with Crippen LogP contribution < -0.4 is 5.62 Å². The van der Waals surface area contributed by atoms with Crippen LogP contribution in [0.15, 0.2) is 60.8 Å². The van der Waals surface area contributed by atoms with E-state index in [-0.39, 0.29) is 5.62 Å². The van der Waals surface area contributed by atoms with E-state index in [1.54, 1.807) is 36.0 Å². The zero-order valence-corrected chi connectivity index (χ0v) is 17.4. The van der Waals surface area contributed by atoms with E-state index in [9.17, 15) is 14.8 Å². The van der Waals surface area contributed by atoms with Gasteiger partial charge in [-0.25, -0.2) is 4.39 Å². The van der Waals surface area contributed by atoms with Gasteiger partial charge in [0.15, 0.2) is 11.6 Å². The third-order valence-electron chi connectivity index (χ3n) is 5.79. The molecule has 2 aromatic heterocycles. The molecule has 6 nitrogen and oxygen atoms in total. The monoisotopic (exact) mass is 423 g/mol. The van der Waals surface area contributed by atoms with Gasteiger partial charge < -0.3 is 9.67 Å². The SMILES string of the molecule is Cc1ccc(C#N)cc1-n1c(=N)n(C)c2cnc3ccc(-c4ccc(F)c(O)c4)cc3c21. The average Bonchev–Trinajstić information content (AvgIpc) is 3.06. The Morgan fingerprint density at radius 1 is 1.06 bits per heavy atom. The number of rotatable bonds is 2. The fraction of sp³-hybridized carbons (Fsp3) is 0.0800. The number of nitriles is 1. The summed E-state index contributed by atoms with van der Waals surface area (Å²) < 4.78 is 17.1. The number of aromatic hydroxyl groups is 1. The first-order chi connectivity index (χ1) is 15.4. The maximum Gasteiger partial charge on any atom is 0.207 e. The van der Waals surface area contributed by atoms with Crippen molar-refractivity contribution in [2.45, 2.75) is 6.92 Å². The minimum atomic E-state index is -0.675. The number of aromatic nitrogens is 3. The van der Waals surface area contributed by atoms with Crippen molar-refractivity contribution >= 4 is 21.9 Å². The van der Waals surface area contributed by atoms with Gasteiger partial charge >= 0.3 is 0 Å². The van der Waals surface area contributed by atoms with Gasteiger partial charge in [0.25, 0.3) is 0 Å². The summed E-state index contributed by atoms with van der Waals surface area (Å²) in [7, 11) is 1.81. The van der Waals surface area contributed by atoms with Crippen molar-refractivity contribution in [2.75, 3.05) is 0 Å². The predicted molar refractivity (Wildman–Crippen MR) is 120 cm³/mol. The number of nitrogens with one attached hydrogen (secondary N) is 1. The van der Waals surface area contributed by atoms with Gasteiger partial charge in [-0.3, -0.25) is 15.0 Å². The molecule has 0 atom stereocenters. The molecule has 7 heteroatoms. The van der Waals surface area contributed by atoms with Crippen LogP contribution in [-0.2, 0) is 7.05 Å². The first-order valence-electron chi connectivity index (χ1n) is 9.94. The second kappa shape index (κ2) is 7.06. The molecular formula is C25H18FN5O. The summed E-state index contributed by atoms with van der Waals surface area (Å²) in [5.41, 5.74) is 6.17. The molecule has 0 spiro atoms. The van der Waals surface area contributed by atoms with E-state index in [1.165, 1.54) is 12.1 Å². The number of benzene rings is 3. The molecule has 2 heterocycles. The maximum absolute atomic E-state index is 13.6. The summed E-state index contributed by atoms with van der Waals surface area (Å²) in [6.45, 7) is 1.94. The first-order valence-corrected chi connectivity index (χ1v) is 9.94. The van der Waals surface area contributed by atoms with Crippen molar-refractivity contribution in [2.24, 2.45) is 7.05 Å². The quantitative estimate of drug-likeness (QED) is 0.432. The lowest BCUT2D eigenvalue weighted by molar-refractivity contribution is 0.433. The number of aryl methyl sites for hydroxylation is 2. The minimum Gasteiger partial charge on any atom is -0.505 e. The maximum atomic E-state index is 13.6. The Kier molecular flexibility index (Phi) is 4.31. The zero-order valence-electron chi connectivity index (χ0n) is 17.4. The standard InChI is InChI=1S/C25H18FN5O/c1-14-3-4-15(12-27)9-21(14)31-24-18-10-16(17-5-7-19(26)23(32)11-17)6-8-20(18)29-13-22(24)30(2)25(31)28/h3-11,13,28,32H,1-2H3. The summed E-state index contributed by atoms with van der Waals surface area (Å²) in [4.78, 5) is 4.56. The van der Waals surface area contributed by atoms with Gasteiger partial charge in [-0.2, -0.15) is 5.26 Å². The number of pyridine rings is 1. The molecule has 0 aliphatic heterocycles. The van der Waals surface area contributed by atoms with E-state index in [0.29, 0.717) is 11.1 Å². The van der Waals surface area contributed by atoms with Crippen LogP contribution in [-0.4, -0.2) is 19.2 Å². The Bertz CT molecular complexity index is 1660. The van der Waals surface area contributed by atoms with Crippen LogP contribution in [0.1, 0.15) is 11.1 Å². The van der Waals surface area contributed by atoms with E-state index >= 15 is 0 Å². The molecule has 32 heavy (non-hydrogen) atoms. The van der Waals surface area contributed by atoms with Crippen LogP contribution in [0, 0.1) is 29.5 Å². The van der Waals surface area contributed by atoms with Crippen LogP contribution in [0.3, 0.4) is 0 Å². The molecule has 5 rings (SSSR count). The van der Waals surface area contributed by atoms with Gasteiger partial charge in [-0.15, -0.1) is 0 Å². The van der Waals surface area contributed by atoms with Crippen LogP contribution in [0.5, 0.6) is 5.75 Å². The Morgan fingerprint density at radius 2 is 1.81 bits per heavy atom. The third kappa shape index (κ3) is 2.85. The molecular weight excluding hydrogens is 405 g/mol. The molecule has 0 unspecified atom stereocenters. The van der Waals surface area contributed by atoms with E-state index in [1.807, 2.05) is 35.8 Å². The lowest BCUT2D eigenvalue weighted by Crippen LogP contribution is -2.21. The average molecular weight is 423 g/mol. The normalized spacial score (nSPS) is 11.2. The number of fused-ring (bicyclic) bond motifs is 3. The third-order valence-corrected chi connectivity index (χ3v) is 5.79. The molecule has 156 valence electrons. The van der Waals surface area contributed by atoms with Crippen molar-refractivity contribution in [3.05, 3.63) is 83.4 Å². The lowest BCUT2D eigenvalue weighted by atomic mass is 10.0. The number of hydrogen-bond donors (Lipinski definition) is 2. The Morgan fingerprint density at radius 3 is 2.56 bits per heavy atom. The molecule has 3 aromatic carbocycles. The predicted octanol–water partition coefficient (Wildman–Crippen LogP) is 4.69. The Balaban J connectivity index is 1.89. The molecule has 0 saturated carbocycles. The molecule has 0 fully saturated rings. The fourth-order valence-electron chi connectivity index (χ4n) is 4.04. The van der Waals surface area contributed by atoms with E-state index in [0.717, 1.165) is 38.8 Å². The fourth-order valence-corrected chi connectivity index (χ4v) is 4.04. The second-order valence-corrected chi connectivity index (χ2v) is 7.72. The summed E-state index contributed by atoms with van der Waals surface area (Å²) >= 11 is 0. The van der Waals surface area contributed by atoms with E-state index in [4.69, 9.17) is 5.41 Å². The molecule has 0 aliphatic rings. The van der Waals surface area contributed by atoms with Gasteiger partial charge in [0, 0.05) is 12.4 Å². The molecule has 0 amide bonds. The number of hydrogen-bond acceptors (Lipinski definition) is 4. The summed E-state index contributed by atoms with van der Waals surface area (Å²) in [6.07, 6.45) is 1.74. The highest BCUT2D eigenvalue weighted by atomic mass is 19.1. The van der Waals surface area contributed by atoms with Gasteiger partial charge in [-0.1, -0.05) is 18.2 Å². The smallest absolute Gasteiger partial charge is 0.207 e. The first kappa shape index (κ1) is 19.5. The van der Waals surface area contributed by atoms with Crippen LogP contribution >= 0.6 is 0 Å². The Hall–Kier alpha value is -4.44. The highest BCUT2D eigenvalue weighted by molar-refractivity contribution is 6.04. The Labute approximate surface area is 182 Å². The van der Waals surface area contributed by atoms with Crippen LogP contribution in [0.2, 0.25) is 0 Å². The number of phenols is 1. The topological polar surface area (TPSA) is 90.6 Å². The summed E-state index contributed by atoms with van der Waals surface area (Å²) in [5.74, 6) is -1.09. The molecule has 2 N–H and O–H groups in total. The van der Waals surface area contributed by atoms with Gasteiger partial charge in [0.05, 0.1) is 40.1 Å². The summed E-state index contributed by atoms with van der Waals surface area (Å²) in [5, 5.41) is 28.8. The van der Waals surface area contributed by atoms with Crippen molar-refractivity contribution in [3.8, 4) is 28.6 Å². The second-order valence-electron chi connectivity index (χ2n) is 7.72. The molecule has 0 radical (unpaired) electrons. The summed E-state index contributed by atoms with van der Waals surface area (Å²) in [6, 6.07) is 17.5. The van der Waals surface area contributed by atoms with Crippen LogP contribution in [0.4, 0.5) is 4.39 Å². The molecule has 0 saturated heterocycles. The lowest BCUT2D eigenvalue weighted by Gasteiger charge is -2.11.